The number of fused-ring (bicyclic) bond motifs is 1. The van der Waals surface area contributed by atoms with E-state index in [4.69, 9.17) is 4.74 Å². The van der Waals surface area contributed by atoms with E-state index in [2.05, 4.69) is 10.2 Å². The lowest BCUT2D eigenvalue weighted by Crippen LogP contribution is -2.49. The zero-order chi connectivity index (χ0) is 36.0. The topological polar surface area (TPSA) is 82.1 Å². The number of aliphatic hydroxyl groups is 1. The molecule has 264 valence electrons. The van der Waals surface area contributed by atoms with Crippen LogP contribution in [0.4, 0.5) is 23.2 Å². The summed E-state index contributed by atoms with van der Waals surface area (Å²) in [5.74, 6) is -1.08. The van der Waals surface area contributed by atoms with Crippen LogP contribution < -0.4 is 10.1 Å². The summed E-state index contributed by atoms with van der Waals surface area (Å²) in [7, 11) is 1.97. The van der Waals surface area contributed by atoms with Gasteiger partial charge < -0.3 is 20.1 Å². The van der Waals surface area contributed by atoms with E-state index in [9.17, 15) is 32.3 Å². The van der Waals surface area contributed by atoms with Crippen LogP contribution in [0.3, 0.4) is 0 Å². The molecule has 0 saturated heterocycles. The molecule has 1 aliphatic heterocycles. The number of benzene rings is 4. The standard InChI is InChI=1S/C39H41F4N3O4/c1-25-21-46(26(2)24-47)38(49)33-8-5-9-34(44-36(48)20-28-14-16-31(17-15-28)39(41,42)43)37(33)50-35(25)23-45(3)22-29-12-10-27(11-13-29)18-30-6-4-7-32(40)19-30/h4-17,19,25-26,35,47H,18,20-24H2,1-3H3,(H,44,48)/t25-,26?,35-/m1/s1. The molecule has 11 heteroatoms. The first-order valence-electron chi connectivity index (χ1n) is 16.5. The number of aliphatic hydroxyl groups excluding tert-OH is 1. The van der Waals surface area contributed by atoms with Crippen molar-refractivity contribution in [3.8, 4) is 5.75 Å². The Hall–Kier alpha value is -4.74. The van der Waals surface area contributed by atoms with E-state index in [-0.39, 0.29) is 47.7 Å². The lowest BCUT2D eigenvalue weighted by atomic mass is 9.98. The lowest BCUT2D eigenvalue weighted by Gasteiger charge is -2.38. The molecule has 1 unspecified atom stereocenters. The molecule has 50 heavy (non-hydrogen) atoms. The number of hydrogen-bond acceptors (Lipinski definition) is 5. The van der Waals surface area contributed by atoms with Crippen LogP contribution >= 0.6 is 0 Å². The molecule has 7 nitrogen and oxygen atoms in total. The second kappa shape index (κ2) is 15.9. The van der Waals surface area contributed by atoms with Crippen LogP contribution in [-0.2, 0) is 30.4 Å². The Kier molecular flexibility index (Phi) is 11.6. The molecule has 1 heterocycles. The lowest BCUT2D eigenvalue weighted by molar-refractivity contribution is -0.137. The molecular weight excluding hydrogens is 650 g/mol. The van der Waals surface area contributed by atoms with Crippen LogP contribution in [0.1, 0.15) is 52.0 Å². The number of likely N-dealkylation sites (N-methyl/N-ethyl adjacent to an activating group) is 1. The minimum atomic E-state index is -4.48. The molecule has 0 radical (unpaired) electrons. The average molecular weight is 692 g/mol. The maximum absolute atomic E-state index is 13.8. The number of ether oxygens (including phenoxy) is 1. The summed E-state index contributed by atoms with van der Waals surface area (Å²) in [4.78, 5) is 30.7. The number of nitrogens with zero attached hydrogens (tertiary/aromatic N) is 2. The highest BCUT2D eigenvalue weighted by Gasteiger charge is 2.35. The Morgan fingerprint density at radius 1 is 0.980 bits per heavy atom. The molecule has 0 fully saturated rings. The highest BCUT2D eigenvalue weighted by atomic mass is 19.4. The van der Waals surface area contributed by atoms with Crippen molar-refractivity contribution in [1.82, 2.24) is 9.80 Å². The highest BCUT2D eigenvalue weighted by Crippen LogP contribution is 2.35. The molecule has 5 rings (SSSR count). The SMILES string of the molecule is CC(CO)N1C[C@@H](C)[C@@H](CN(C)Cc2ccc(Cc3cccc(F)c3)cc2)Oc2c(NC(=O)Cc3ccc(C(F)(F)F)cc3)cccc2C1=O. The normalized spacial score (nSPS) is 17.1. The van der Waals surface area contributed by atoms with Crippen LogP contribution in [0.15, 0.2) is 91.0 Å². The van der Waals surface area contributed by atoms with Crippen LogP contribution in [0, 0.1) is 11.7 Å². The van der Waals surface area contributed by atoms with E-state index in [0.29, 0.717) is 31.6 Å². The number of carbonyl (C=O) groups excluding carboxylic acids is 2. The fraction of sp³-hybridized carbons (Fsp3) is 0.333. The molecule has 0 saturated carbocycles. The number of rotatable bonds is 11. The molecule has 1 aliphatic rings. The number of nitrogens with one attached hydrogen (secondary N) is 1. The van der Waals surface area contributed by atoms with Crippen molar-refractivity contribution >= 4 is 17.5 Å². The maximum atomic E-state index is 13.8. The summed E-state index contributed by atoms with van der Waals surface area (Å²) >= 11 is 0. The van der Waals surface area contributed by atoms with Gasteiger partial charge in [0.05, 0.1) is 35.9 Å². The van der Waals surface area contributed by atoms with Gasteiger partial charge in [-0.1, -0.05) is 61.5 Å². The average Bonchev–Trinajstić information content (AvgIpc) is 3.07. The number of alkyl halides is 3. The fourth-order valence-corrected chi connectivity index (χ4v) is 6.08. The molecular formula is C39H41F4N3O4. The molecule has 0 aromatic heterocycles. The summed E-state index contributed by atoms with van der Waals surface area (Å²) < 4.78 is 59.3. The number of para-hydroxylation sites is 1. The third-order valence-electron chi connectivity index (χ3n) is 8.88. The maximum Gasteiger partial charge on any atom is 0.416 e. The molecule has 2 amide bonds. The highest BCUT2D eigenvalue weighted by molar-refractivity contribution is 6.02. The van der Waals surface area contributed by atoms with Gasteiger partial charge in [-0.3, -0.25) is 14.5 Å². The molecule has 0 spiro atoms. The monoisotopic (exact) mass is 691 g/mol. The van der Waals surface area contributed by atoms with Crippen LogP contribution in [0.5, 0.6) is 5.75 Å². The Balaban J connectivity index is 1.33. The number of amides is 2. The number of hydrogen-bond donors (Lipinski definition) is 2. The van der Waals surface area contributed by atoms with Gasteiger partial charge in [-0.05, 0) is 79.0 Å². The number of halogens is 4. The van der Waals surface area contributed by atoms with Gasteiger partial charge in [0.25, 0.3) is 5.91 Å². The quantitative estimate of drug-likeness (QED) is 0.166. The van der Waals surface area contributed by atoms with Crippen LogP contribution in [-0.4, -0.2) is 65.6 Å². The van der Waals surface area contributed by atoms with Gasteiger partial charge >= 0.3 is 6.18 Å². The van der Waals surface area contributed by atoms with E-state index in [1.807, 2.05) is 44.3 Å². The first-order chi connectivity index (χ1) is 23.8. The summed E-state index contributed by atoms with van der Waals surface area (Å²) in [6, 6.07) is 23.5. The van der Waals surface area contributed by atoms with Crippen LogP contribution in [0.2, 0.25) is 0 Å². The third-order valence-corrected chi connectivity index (χ3v) is 8.88. The van der Waals surface area contributed by atoms with Crippen molar-refractivity contribution in [3.05, 3.63) is 130 Å². The van der Waals surface area contributed by atoms with Crippen molar-refractivity contribution in [2.45, 2.75) is 51.6 Å². The summed E-state index contributed by atoms with van der Waals surface area (Å²) in [6.07, 6.45) is -4.48. The summed E-state index contributed by atoms with van der Waals surface area (Å²) in [6.45, 7) is 4.90. The smallest absolute Gasteiger partial charge is 0.416 e. The summed E-state index contributed by atoms with van der Waals surface area (Å²) in [5.41, 5.74) is 3.10. The van der Waals surface area contributed by atoms with Crippen LogP contribution in [0.25, 0.3) is 0 Å². The molecule has 4 aromatic carbocycles. The van der Waals surface area contributed by atoms with E-state index in [1.165, 1.54) is 24.3 Å². The molecule has 2 N–H and O–H groups in total. The Morgan fingerprint density at radius 2 is 1.64 bits per heavy atom. The van der Waals surface area contributed by atoms with E-state index < -0.39 is 29.8 Å². The first-order valence-corrected chi connectivity index (χ1v) is 16.5. The van der Waals surface area contributed by atoms with Crippen molar-refractivity contribution in [2.75, 3.05) is 32.1 Å². The van der Waals surface area contributed by atoms with Gasteiger partial charge in [-0.15, -0.1) is 0 Å². The van der Waals surface area contributed by atoms with E-state index in [1.54, 1.807) is 36.1 Å². The summed E-state index contributed by atoms with van der Waals surface area (Å²) in [5, 5.41) is 12.8. The molecule has 3 atom stereocenters. The zero-order valence-corrected chi connectivity index (χ0v) is 28.2. The minimum absolute atomic E-state index is 0.173. The zero-order valence-electron chi connectivity index (χ0n) is 28.2. The van der Waals surface area contributed by atoms with Crippen molar-refractivity contribution in [1.29, 1.82) is 0 Å². The Morgan fingerprint density at radius 3 is 2.30 bits per heavy atom. The molecule has 0 bridgehead atoms. The molecule has 0 aliphatic carbocycles. The number of anilines is 1. The minimum Gasteiger partial charge on any atom is -0.486 e. The predicted molar refractivity (Wildman–Crippen MR) is 183 cm³/mol. The van der Waals surface area contributed by atoms with Crippen molar-refractivity contribution in [3.63, 3.8) is 0 Å². The molecule has 4 aromatic rings. The Labute approximate surface area is 289 Å². The van der Waals surface area contributed by atoms with Gasteiger partial charge in [0.2, 0.25) is 5.91 Å². The van der Waals surface area contributed by atoms with Gasteiger partial charge in [-0.25, -0.2) is 4.39 Å². The van der Waals surface area contributed by atoms with Gasteiger partial charge in [-0.2, -0.15) is 13.2 Å². The van der Waals surface area contributed by atoms with Crippen molar-refractivity contribution < 1.29 is 37.0 Å². The third kappa shape index (κ3) is 9.28. The van der Waals surface area contributed by atoms with Gasteiger partial charge in [0.1, 0.15) is 11.9 Å². The van der Waals surface area contributed by atoms with E-state index >= 15 is 0 Å². The van der Waals surface area contributed by atoms with Crippen molar-refractivity contribution in [2.24, 2.45) is 5.92 Å². The number of carbonyl (C=O) groups is 2. The van der Waals surface area contributed by atoms with Gasteiger partial charge in [0.15, 0.2) is 5.75 Å². The predicted octanol–water partition coefficient (Wildman–Crippen LogP) is 6.97. The second-order valence-corrected chi connectivity index (χ2v) is 13.0. The first kappa shape index (κ1) is 36.5. The fourth-order valence-electron chi connectivity index (χ4n) is 6.08. The van der Waals surface area contributed by atoms with Gasteiger partial charge in [0, 0.05) is 25.6 Å². The second-order valence-electron chi connectivity index (χ2n) is 13.0. The largest absolute Gasteiger partial charge is 0.486 e. The Bertz CT molecular complexity index is 1780. The van der Waals surface area contributed by atoms with E-state index in [0.717, 1.165) is 28.8 Å².